The van der Waals surface area contributed by atoms with Crippen molar-refractivity contribution in [3.8, 4) is 0 Å². The molecule has 1 heterocycles. The van der Waals surface area contributed by atoms with E-state index >= 15 is 0 Å². The summed E-state index contributed by atoms with van der Waals surface area (Å²) in [6.45, 7) is 4.77. The van der Waals surface area contributed by atoms with E-state index in [1.165, 1.54) is 0 Å². The molecule has 2 N–H and O–H groups in total. The van der Waals surface area contributed by atoms with Gasteiger partial charge in [0, 0.05) is 30.9 Å². The molecule has 0 unspecified atom stereocenters. The number of aromatic nitrogens is 1. The van der Waals surface area contributed by atoms with Crippen LogP contribution in [-0.4, -0.2) is 40.8 Å². The highest BCUT2D eigenvalue weighted by molar-refractivity contribution is 6.32. The van der Waals surface area contributed by atoms with Crippen LogP contribution in [0.5, 0.6) is 0 Å². The normalized spacial score (nSPS) is 13.4. The van der Waals surface area contributed by atoms with E-state index in [1.54, 1.807) is 18.3 Å². The van der Waals surface area contributed by atoms with Crippen molar-refractivity contribution in [2.75, 3.05) is 23.7 Å². The van der Waals surface area contributed by atoms with Crippen LogP contribution < -0.4 is 10.6 Å². The monoisotopic (exact) mass is 400 g/mol. The lowest BCUT2D eigenvalue weighted by molar-refractivity contribution is -0.119. The summed E-state index contributed by atoms with van der Waals surface area (Å²) in [5.74, 6) is -0.202. The first-order valence-corrected chi connectivity index (χ1v) is 9.81. The number of nitrogens with zero attached hydrogens (tertiary/aromatic N) is 2. The Kier molecular flexibility index (Phi) is 6.65. The van der Waals surface area contributed by atoms with Crippen molar-refractivity contribution in [1.29, 1.82) is 0 Å². The Hall–Kier alpha value is -2.44. The molecule has 1 saturated carbocycles. The average molecular weight is 401 g/mol. The Morgan fingerprint density at radius 1 is 1.14 bits per heavy atom. The summed E-state index contributed by atoms with van der Waals surface area (Å²) in [6.07, 6.45) is 3.99. The van der Waals surface area contributed by atoms with Crippen molar-refractivity contribution in [1.82, 2.24) is 9.88 Å². The molecule has 0 radical (unpaired) electrons. The maximum absolute atomic E-state index is 12.5. The maximum atomic E-state index is 12.5. The molecule has 148 valence electrons. The number of nitrogens with one attached hydrogen (secondary N) is 2. The predicted molar refractivity (Wildman–Crippen MR) is 112 cm³/mol. The third-order valence-electron chi connectivity index (χ3n) is 4.74. The number of aryl methyl sites for hydroxylation is 2. The van der Waals surface area contributed by atoms with Crippen molar-refractivity contribution in [2.24, 2.45) is 0 Å². The molecule has 28 heavy (non-hydrogen) atoms. The quantitative estimate of drug-likeness (QED) is 0.661. The van der Waals surface area contributed by atoms with Gasteiger partial charge in [0.2, 0.25) is 11.8 Å². The van der Waals surface area contributed by atoms with E-state index < -0.39 is 0 Å². The Balaban J connectivity index is 1.52. The van der Waals surface area contributed by atoms with Gasteiger partial charge in [-0.1, -0.05) is 23.7 Å². The van der Waals surface area contributed by atoms with E-state index in [4.69, 9.17) is 11.6 Å². The van der Waals surface area contributed by atoms with E-state index in [1.807, 2.05) is 32.0 Å². The van der Waals surface area contributed by atoms with Crippen LogP contribution in [0.4, 0.5) is 11.4 Å². The molecule has 1 aromatic carbocycles. The number of halogens is 1. The molecule has 1 aromatic heterocycles. The maximum Gasteiger partial charge on any atom is 0.238 e. The molecule has 1 aliphatic carbocycles. The highest BCUT2D eigenvalue weighted by Gasteiger charge is 2.30. The molecule has 0 atom stereocenters. The zero-order valence-corrected chi connectivity index (χ0v) is 16.9. The first-order chi connectivity index (χ1) is 13.4. The summed E-state index contributed by atoms with van der Waals surface area (Å²) in [6, 6.07) is 9.80. The first-order valence-electron chi connectivity index (χ1n) is 9.44. The first kappa shape index (κ1) is 20.3. The standard InChI is InChI=1S/C21H25ClN4O2/c1-14-5-6-15(2)18(12-14)25-20(28)13-26(16-7-8-16)11-9-19(27)24-17-4-3-10-23-21(17)22/h3-6,10,12,16H,7-9,11,13H2,1-2H3,(H,24,27)(H,25,28). The van der Waals surface area contributed by atoms with Crippen LogP contribution in [0.2, 0.25) is 5.15 Å². The second-order valence-electron chi connectivity index (χ2n) is 7.21. The van der Waals surface area contributed by atoms with Crippen LogP contribution >= 0.6 is 11.6 Å². The molecule has 0 saturated heterocycles. The minimum atomic E-state index is -0.143. The van der Waals surface area contributed by atoms with E-state index in [9.17, 15) is 9.59 Å². The number of anilines is 2. The molecule has 2 aromatic rings. The molecule has 0 bridgehead atoms. The SMILES string of the molecule is Cc1ccc(C)c(NC(=O)CN(CCC(=O)Nc2cccnc2Cl)C2CC2)c1. The van der Waals surface area contributed by atoms with Gasteiger partial charge in [-0.05, 0) is 56.0 Å². The molecule has 0 spiro atoms. The van der Waals surface area contributed by atoms with Crippen LogP contribution in [0.3, 0.4) is 0 Å². The number of hydrogen-bond donors (Lipinski definition) is 2. The summed E-state index contributed by atoms with van der Waals surface area (Å²) < 4.78 is 0. The largest absolute Gasteiger partial charge is 0.325 e. The van der Waals surface area contributed by atoms with E-state index in [-0.39, 0.29) is 23.5 Å². The summed E-state index contributed by atoms with van der Waals surface area (Å²) in [4.78, 5) is 30.8. The molecular formula is C21H25ClN4O2. The molecule has 3 rings (SSSR count). The number of carbonyl (C=O) groups is 2. The second kappa shape index (κ2) is 9.17. The molecule has 1 aliphatic rings. The van der Waals surface area contributed by atoms with Gasteiger partial charge in [0.05, 0.1) is 12.2 Å². The van der Waals surface area contributed by atoms with Crippen molar-refractivity contribution in [3.63, 3.8) is 0 Å². The van der Waals surface area contributed by atoms with Crippen LogP contribution in [0.25, 0.3) is 0 Å². The van der Waals surface area contributed by atoms with Gasteiger partial charge in [0.1, 0.15) is 0 Å². The fourth-order valence-electron chi connectivity index (χ4n) is 3.01. The number of hydrogen-bond acceptors (Lipinski definition) is 4. The Bertz CT molecular complexity index is 867. The number of pyridine rings is 1. The highest BCUT2D eigenvalue weighted by atomic mass is 35.5. The van der Waals surface area contributed by atoms with Crippen molar-refractivity contribution in [2.45, 2.75) is 39.2 Å². The lowest BCUT2D eigenvalue weighted by Crippen LogP contribution is -2.37. The lowest BCUT2D eigenvalue weighted by atomic mass is 10.1. The van der Waals surface area contributed by atoms with Gasteiger partial charge in [-0.3, -0.25) is 14.5 Å². The minimum Gasteiger partial charge on any atom is -0.325 e. The molecule has 1 fully saturated rings. The lowest BCUT2D eigenvalue weighted by Gasteiger charge is -2.21. The third-order valence-corrected chi connectivity index (χ3v) is 5.04. The van der Waals surface area contributed by atoms with Crippen LogP contribution in [0, 0.1) is 13.8 Å². The number of amides is 2. The Morgan fingerprint density at radius 3 is 2.61 bits per heavy atom. The van der Waals surface area contributed by atoms with Crippen LogP contribution in [0.1, 0.15) is 30.4 Å². The second-order valence-corrected chi connectivity index (χ2v) is 7.57. The van der Waals surface area contributed by atoms with Gasteiger partial charge >= 0.3 is 0 Å². The van der Waals surface area contributed by atoms with E-state index in [0.717, 1.165) is 29.7 Å². The highest BCUT2D eigenvalue weighted by Crippen LogP contribution is 2.27. The molecule has 0 aliphatic heterocycles. The zero-order chi connectivity index (χ0) is 20.1. The topological polar surface area (TPSA) is 74.3 Å². The molecule has 6 nitrogen and oxygen atoms in total. The van der Waals surface area contributed by atoms with Gasteiger partial charge in [0.25, 0.3) is 0 Å². The average Bonchev–Trinajstić information content (AvgIpc) is 3.49. The van der Waals surface area contributed by atoms with Gasteiger partial charge in [-0.15, -0.1) is 0 Å². The van der Waals surface area contributed by atoms with E-state index in [2.05, 4.69) is 20.5 Å². The fourth-order valence-corrected chi connectivity index (χ4v) is 3.18. The third kappa shape index (κ3) is 5.78. The number of benzene rings is 1. The number of rotatable bonds is 8. The molecule has 7 heteroatoms. The van der Waals surface area contributed by atoms with Gasteiger partial charge in [-0.2, -0.15) is 0 Å². The van der Waals surface area contributed by atoms with Crippen LogP contribution in [0.15, 0.2) is 36.5 Å². The summed E-state index contributed by atoms with van der Waals surface area (Å²) >= 11 is 5.97. The molecule has 2 amide bonds. The predicted octanol–water partition coefficient (Wildman–Crippen LogP) is 3.78. The van der Waals surface area contributed by atoms with Gasteiger partial charge in [0.15, 0.2) is 5.15 Å². The van der Waals surface area contributed by atoms with Gasteiger partial charge < -0.3 is 10.6 Å². The summed E-state index contributed by atoms with van der Waals surface area (Å²) in [5, 5.41) is 6.03. The van der Waals surface area contributed by atoms with Crippen LogP contribution in [-0.2, 0) is 9.59 Å². The Labute approximate surface area is 170 Å². The smallest absolute Gasteiger partial charge is 0.238 e. The summed E-state index contributed by atoms with van der Waals surface area (Å²) in [7, 11) is 0. The Morgan fingerprint density at radius 2 is 1.89 bits per heavy atom. The van der Waals surface area contributed by atoms with Gasteiger partial charge in [-0.25, -0.2) is 4.98 Å². The molecular weight excluding hydrogens is 376 g/mol. The van der Waals surface area contributed by atoms with E-state index in [0.29, 0.717) is 24.7 Å². The summed E-state index contributed by atoms with van der Waals surface area (Å²) in [5.41, 5.74) is 3.47. The van der Waals surface area contributed by atoms with Crippen molar-refractivity contribution < 1.29 is 9.59 Å². The van der Waals surface area contributed by atoms with Crippen molar-refractivity contribution >= 4 is 34.8 Å². The zero-order valence-electron chi connectivity index (χ0n) is 16.2. The van der Waals surface area contributed by atoms with Crippen molar-refractivity contribution in [3.05, 3.63) is 52.8 Å². The minimum absolute atomic E-state index is 0.0590. The fraction of sp³-hybridized carbons (Fsp3) is 0.381. The number of carbonyl (C=O) groups excluding carboxylic acids is 2.